The number of benzene rings is 10. The third-order valence-corrected chi connectivity index (χ3v) is 14.4. The van der Waals surface area contributed by atoms with Gasteiger partial charge in [0.05, 0.1) is 49.8 Å². The molecule has 5 aromatic heterocycles. The molecule has 0 fully saturated rings. The molecule has 15 rings (SSSR count). The van der Waals surface area contributed by atoms with Crippen LogP contribution in [0.15, 0.2) is 227 Å². The van der Waals surface area contributed by atoms with Crippen molar-refractivity contribution in [2.24, 2.45) is 0 Å². The molecule has 0 saturated carbocycles. The van der Waals surface area contributed by atoms with Crippen molar-refractivity contribution < 1.29 is 22.0 Å². The minimum absolute atomic E-state index is 0.357. The van der Waals surface area contributed by atoms with E-state index in [1.54, 1.807) is 6.07 Å². The topological polar surface area (TPSA) is 74.8 Å². The number of rotatable bonds is 6. The van der Waals surface area contributed by atoms with Crippen molar-refractivity contribution in [3.63, 3.8) is 0 Å². The number of alkyl halides is 3. The third kappa shape index (κ3) is 6.31. The van der Waals surface area contributed by atoms with E-state index in [0.717, 1.165) is 93.0 Å². The number of aromatic nitrogens is 5. The van der Waals surface area contributed by atoms with Crippen molar-refractivity contribution in [1.82, 2.24) is 24.1 Å². The van der Waals surface area contributed by atoms with Gasteiger partial charge in [0.25, 0.3) is 0 Å². The van der Waals surface area contributed by atoms with E-state index < -0.39 is 11.7 Å². The minimum atomic E-state index is -4.67. The van der Waals surface area contributed by atoms with Crippen molar-refractivity contribution in [2.75, 3.05) is 0 Å². The summed E-state index contributed by atoms with van der Waals surface area (Å²) < 4.78 is 63.6. The van der Waals surface area contributed by atoms with Gasteiger partial charge in [-0.25, -0.2) is 15.0 Å². The minimum Gasteiger partial charge on any atom is -0.455 e. The summed E-state index contributed by atoms with van der Waals surface area (Å²) in [4.78, 5) is 15.2. The zero-order valence-corrected chi connectivity index (χ0v) is 39.0. The first kappa shape index (κ1) is 41.9. The van der Waals surface area contributed by atoms with E-state index in [1.165, 1.54) is 12.1 Å². The monoisotopic (exact) mass is 963 g/mol. The van der Waals surface area contributed by atoms with Gasteiger partial charge < -0.3 is 18.0 Å². The third-order valence-electron chi connectivity index (χ3n) is 14.4. The maximum atomic E-state index is 15.4. The van der Waals surface area contributed by atoms with Crippen LogP contribution in [-0.4, -0.2) is 24.1 Å². The lowest BCUT2D eigenvalue weighted by Crippen LogP contribution is -2.08. The van der Waals surface area contributed by atoms with Crippen LogP contribution in [0.25, 0.3) is 144 Å². The normalized spacial score (nSPS) is 12.3. The molecule has 0 aliphatic heterocycles. The average molecular weight is 964 g/mol. The number of hydrogen-bond acceptors (Lipinski definition) is 5. The van der Waals surface area contributed by atoms with Crippen molar-refractivity contribution in [3.05, 3.63) is 224 Å². The van der Waals surface area contributed by atoms with Gasteiger partial charge in [-0.15, -0.1) is 0 Å². The van der Waals surface area contributed by atoms with Gasteiger partial charge in [-0.05, 0) is 72.8 Å². The molecule has 0 radical (unpaired) electrons. The first-order chi connectivity index (χ1) is 36.3. The van der Waals surface area contributed by atoms with E-state index in [1.807, 2.05) is 176 Å². The van der Waals surface area contributed by atoms with E-state index in [-0.39, 0.29) is 0 Å². The van der Waals surface area contributed by atoms with E-state index in [0.29, 0.717) is 51.1 Å². The maximum absolute atomic E-state index is 15.4. The lowest BCUT2D eigenvalue weighted by Gasteiger charge is -2.21. The van der Waals surface area contributed by atoms with E-state index in [9.17, 15) is 0 Å². The van der Waals surface area contributed by atoms with Crippen LogP contribution in [0.2, 0.25) is 0 Å². The van der Waals surface area contributed by atoms with Crippen molar-refractivity contribution in [1.29, 1.82) is 0 Å². The Kier molecular flexibility index (Phi) is 8.98. The number of para-hydroxylation sites is 4. The maximum Gasteiger partial charge on any atom is 0.416 e. The van der Waals surface area contributed by atoms with Crippen LogP contribution < -0.4 is 0 Å². The highest BCUT2D eigenvalue weighted by Gasteiger charge is 2.33. The lowest BCUT2D eigenvalue weighted by molar-refractivity contribution is -0.137. The summed E-state index contributed by atoms with van der Waals surface area (Å²) in [7, 11) is 0. The fourth-order valence-corrected chi connectivity index (χ4v) is 11.1. The van der Waals surface area contributed by atoms with Gasteiger partial charge in [-0.1, -0.05) is 146 Å². The summed E-state index contributed by atoms with van der Waals surface area (Å²) in [6.45, 7) is 0. The average Bonchev–Trinajstić information content (AvgIpc) is 4.26. The van der Waals surface area contributed by atoms with Gasteiger partial charge in [0.2, 0.25) is 0 Å². The summed E-state index contributed by atoms with van der Waals surface area (Å²) >= 11 is 0. The standard InChI is InChI=1S/C64H36F3N5O2/c65-64(66,67)40-28-32-51(71-49-23-11-7-21-46(49)57-52(71)33-30-44-42-19-9-13-25-55(42)73-59(44)57)48(36-40)41-29-27-39(63-69-61(37-15-3-1-4-16-37)68-62(70-63)38-17-5-2-6-18-38)35-54(41)72-50-24-12-8-22-47(50)58-53(72)34-31-45-43-20-10-14-26-56(43)74-60(45)58/h1-36H. The van der Waals surface area contributed by atoms with E-state index >= 15 is 13.2 Å². The molecule has 0 atom stereocenters. The lowest BCUT2D eigenvalue weighted by atomic mass is 9.96. The predicted molar refractivity (Wildman–Crippen MR) is 290 cm³/mol. The zero-order chi connectivity index (χ0) is 49.2. The van der Waals surface area contributed by atoms with Crippen LogP contribution in [0, 0.1) is 0 Å². The molecule has 10 aromatic carbocycles. The van der Waals surface area contributed by atoms with Gasteiger partial charge in [0.15, 0.2) is 17.5 Å². The highest BCUT2D eigenvalue weighted by molar-refractivity contribution is 6.25. The van der Waals surface area contributed by atoms with E-state index in [4.69, 9.17) is 23.8 Å². The van der Waals surface area contributed by atoms with Gasteiger partial charge in [0, 0.05) is 60.1 Å². The Labute approximate surface area is 418 Å². The SMILES string of the molecule is FC(F)(F)c1ccc(-n2c3ccccc3c3c4oc5ccccc5c4ccc32)c(-c2ccc(-c3nc(-c4ccccc4)nc(-c4ccccc4)n3)cc2-n2c3ccccc3c3c4oc5ccccc5c4ccc32)c1. The fraction of sp³-hybridized carbons (Fsp3) is 0.0156. The number of nitrogens with zero attached hydrogens (tertiary/aromatic N) is 5. The molecule has 0 bridgehead atoms. The Morgan fingerprint density at radius 3 is 1.32 bits per heavy atom. The van der Waals surface area contributed by atoms with Gasteiger partial charge in [-0.2, -0.15) is 13.2 Å². The summed E-state index contributed by atoms with van der Waals surface area (Å²) in [5.74, 6) is 1.36. The van der Waals surface area contributed by atoms with Gasteiger partial charge in [-0.3, -0.25) is 0 Å². The number of halogens is 3. The molecule has 0 saturated heterocycles. The van der Waals surface area contributed by atoms with Gasteiger partial charge in [0.1, 0.15) is 22.3 Å². The van der Waals surface area contributed by atoms with E-state index in [2.05, 4.69) is 33.4 Å². The molecule has 0 spiro atoms. The Bertz CT molecular complexity index is 4720. The molecule has 10 heteroatoms. The van der Waals surface area contributed by atoms with Crippen molar-refractivity contribution >= 4 is 87.5 Å². The Morgan fingerprint density at radius 1 is 0.338 bits per heavy atom. The Morgan fingerprint density at radius 2 is 0.797 bits per heavy atom. The molecule has 0 unspecified atom stereocenters. The Hall–Kier alpha value is -9.80. The highest BCUT2D eigenvalue weighted by atomic mass is 19.4. The zero-order valence-electron chi connectivity index (χ0n) is 39.0. The molecular formula is C64H36F3N5O2. The molecule has 0 aliphatic carbocycles. The molecular weight excluding hydrogens is 928 g/mol. The van der Waals surface area contributed by atoms with Crippen LogP contribution in [-0.2, 0) is 6.18 Å². The fourth-order valence-electron chi connectivity index (χ4n) is 11.1. The smallest absolute Gasteiger partial charge is 0.416 e. The van der Waals surface area contributed by atoms with Crippen LogP contribution in [0.4, 0.5) is 13.2 Å². The molecule has 350 valence electrons. The van der Waals surface area contributed by atoms with Crippen molar-refractivity contribution in [3.8, 4) is 56.7 Å². The molecule has 7 nitrogen and oxygen atoms in total. The number of fused-ring (bicyclic) bond motifs is 14. The first-order valence-corrected chi connectivity index (χ1v) is 24.2. The molecule has 74 heavy (non-hydrogen) atoms. The molecule has 0 aliphatic rings. The highest BCUT2D eigenvalue weighted by Crippen LogP contribution is 2.47. The largest absolute Gasteiger partial charge is 0.455 e. The second-order valence-electron chi connectivity index (χ2n) is 18.6. The molecule has 5 heterocycles. The van der Waals surface area contributed by atoms with Crippen molar-refractivity contribution in [2.45, 2.75) is 6.18 Å². The first-order valence-electron chi connectivity index (χ1n) is 24.2. The predicted octanol–water partition coefficient (Wildman–Crippen LogP) is 17.6. The quantitative estimate of drug-likeness (QED) is 0.166. The second-order valence-corrected chi connectivity index (χ2v) is 18.6. The van der Waals surface area contributed by atoms with Crippen LogP contribution in [0.5, 0.6) is 0 Å². The molecule has 0 N–H and O–H groups in total. The molecule has 15 aromatic rings. The van der Waals surface area contributed by atoms with Crippen LogP contribution in [0.3, 0.4) is 0 Å². The van der Waals surface area contributed by atoms with Crippen LogP contribution in [0.1, 0.15) is 5.56 Å². The van der Waals surface area contributed by atoms with Crippen LogP contribution >= 0.6 is 0 Å². The Balaban J connectivity index is 1.07. The molecule has 0 amide bonds. The summed E-state index contributed by atoms with van der Waals surface area (Å²) in [5, 5.41) is 7.46. The summed E-state index contributed by atoms with van der Waals surface area (Å²) in [6, 6.07) is 69.6. The summed E-state index contributed by atoms with van der Waals surface area (Å²) in [5.41, 5.74) is 9.69. The second kappa shape index (κ2) is 15.9. The number of furan rings is 2. The number of hydrogen-bond donors (Lipinski definition) is 0. The summed E-state index contributed by atoms with van der Waals surface area (Å²) in [6.07, 6.45) is -4.67. The van der Waals surface area contributed by atoms with Gasteiger partial charge >= 0.3 is 6.18 Å².